The Bertz CT molecular complexity index is 1110. The highest BCUT2D eigenvalue weighted by molar-refractivity contribution is 7.18. The lowest BCUT2D eigenvalue weighted by Gasteiger charge is -1.97. The molecule has 0 radical (unpaired) electrons. The van der Waals surface area contributed by atoms with Crippen LogP contribution in [0.2, 0.25) is 0 Å². The van der Waals surface area contributed by atoms with Gasteiger partial charge < -0.3 is 4.42 Å². The Morgan fingerprint density at radius 3 is 2.70 bits per heavy atom. The van der Waals surface area contributed by atoms with Crippen molar-refractivity contribution in [2.75, 3.05) is 0 Å². The fraction of sp³-hybridized carbons (Fsp3) is 0.0526. The van der Waals surface area contributed by atoms with Gasteiger partial charge in [0.05, 0.1) is 10.9 Å². The Morgan fingerprint density at radius 1 is 1.04 bits per heavy atom. The molecule has 2 aromatic heterocycles. The Labute approximate surface area is 136 Å². The van der Waals surface area contributed by atoms with Crippen molar-refractivity contribution in [2.24, 2.45) is 7.05 Å². The van der Waals surface area contributed by atoms with E-state index in [1.54, 1.807) is 23.5 Å². The molecule has 4 heteroatoms. The van der Waals surface area contributed by atoms with Crippen molar-refractivity contribution in [3.63, 3.8) is 0 Å². The summed E-state index contributed by atoms with van der Waals surface area (Å²) in [6, 6.07) is 15.5. The second-order valence-electron chi connectivity index (χ2n) is 5.32. The molecule has 0 atom stereocenters. The molecule has 0 aliphatic rings. The summed E-state index contributed by atoms with van der Waals surface area (Å²) in [6.07, 6.45) is 5.31. The third kappa shape index (κ3) is 2.37. The van der Waals surface area contributed by atoms with Crippen LogP contribution in [-0.2, 0) is 7.05 Å². The minimum Gasteiger partial charge on any atom is -0.463 e. The van der Waals surface area contributed by atoms with Gasteiger partial charge >= 0.3 is 0 Å². The molecule has 0 amide bonds. The topological polar surface area (TPSA) is 34.1 Å². The number of thiazole rings is 1. The van der Waals surface area contributed by atoms with Crippen molar-refractivity contribution in [3.8, 4) is 0 Å². The number of fused-ring (bicyclic) bond motifs is 2. The molecule has 3 nitrogen and oxygen atoms in total. The first-order valence-electron chi connectivity index (χ1n) is 7.30. The Kier molecular flexibility index (Phi) is 3.32. The minimum atomic E-state index is -0.00753. The van der Waals surface area contributed by atoms with Crippen molar-refractivity contribution in [2.45, 2.75) is 0 Å². The largest absolute Gasteiger partial charge is 0.463 e. The van der Waals surface area contributed by atoms with Crippen molar-refractivity contribution >= 4 is 44.7 Å². The predicted octanol–water partition coefficient (Wildman–Crippen LogP) is 4.00. The predicted molar refractivity (Wildman–Crippen MR) is 94.4 cm³/mol. The molecule has 0 unspecified atom stereocenters. The SMILES string of the molecule is C[n+]1c(C=Cc2coc3ccccc3c2=O)sc2ccccc21. The molecule has 0 aliphatic heterocycles. The number of rotatable bonds is 2. The van der Waals surface area contributed by atoms with Crippen LogP contribution in [0.4, 0.5) is 0 Å². The number of aryl methyl sites for hydroxylation is 1. The van der Waals surface area contributed by atoms with Crippen LogP contribution in [-0.4, -0.2) is 0 Å². The standard InChI is InChI=1S/C19H14NO2S/c1-20-15-7-3-5-9-17(15)23-18(20)11-10-13-12-22-16-8-4-2-6-14(16)19(13)21/h2-12H,1H3/q+1. The van der Waals surface area contributed by atoms with Gasteiger partial charge in [0.25, 0.3) is 5.01 Å². The quantitative estimate of drug-likeness (QED) is 0.523. The number of hydrogen-bond acceptors (Lipinski definition) is 3. The zero-order valence-corrected chi connectivity index (χ0v) is 13.3. The summed E-state index contributed by atoms with van der Waals surface area (Å²) in [4.78, 5) is 12.5. The summed E-state index contributed by atoms with van der Waals surface area (Å²) in [5, 5.41) is 1.69. The summed E-state index contributed by atoms with van der Waals surface area (Å²) in [5.74, 6) is 0. The molecule has 0 spiro atoms. The van der Waals surface area contributed by atoms with E-state index in [2.05, 4.69) is 16.7 Å². The Morgan fingerprint density at radius 2 is 1.83 bits per heavy atom. The third-order valence-electron chi connectivity index (χ3n) is 3.88. The Hall–Kier alpha value is -2.72. The molecule has 0 saturated carbocycles. The summed E-state index contributed by atoms with van der Waals surface area (Å²) >= 11 is 1.70. The molecule has 0 bridgehead atoms. The fourth-order valence-corrected chi connectivity index (χ4v) is 3.69. The molecule has 2 heterocycles. The van der Waals surface area contributed by atoms with Crippen molar-refractivity contribution < 1.29 is 8.98 Å². The maximum Gasteiger partial charge on any atom is 0.262 e. The van der Waals surface area contributed by atoms with Crippen LogP contribution in [0.1, 0.15) is 10.6 Å². The van der Waals surface area contributed by atoms with E-state index in [1.165, 1.54) is 16.5 Å². The van der Waals surface area contributed by atoms with E-state index in [1.807, 2.05) is 43.5 Å². The summed E-state index contributed by atoms with van der Waals surface area (Å²) in [5.41, 5.74) is 2.35. The molecule has 0 N–H and O–H groups in total. The number of benzene rings is 2. The minimum absolute atomic E-state index is 0.00753. The van der Waals surface area contributed by atoms with Crippen LogP contribution in [0.15, 0.2) is 64.0 Å². The maximum atomic E-state index is 12.5. The Balaban J connectivity index is 1.80. The van der Waals surface area contributed by atoms with Crippen LogP contribution in [0.3, 0.4) is 0 Å². The molecule has 4 aromatic rings. The van der Waals surface area contributed by atoms with Gasteiger partial charge in [-0.2, -0.15) is 4.57 Å². The molecule has 112 valence electrons. The summed E-state index contributed by atoms with van der Waals surface area (Å²) in [6.45, 7) is 0. The van der Waals surface area contributed by atoms with Crippen molar-refractivity contribution in [1.29, 1.82) is 0 Å². The first-order chi connectivity index (χ1) is 11.2. The first kappa shape index (κ1) is 13.9. The van der Waals surface area contributed by atoms with Crippen LogP contribution < -0.4 is 10.00 Å². The van der Waals surface area contributed by atoms with Crippen LogP contribution in [0, 0.1) is 0 Å². The molecule has 0 fully saturated rings. The van der Waals surface area contributed by atoms with E-state index >= 15 is 0 Å². The lowest BCUT2D eigenvalue weighted by molar-refractivity contribution is -0.642. The molecule has 23 heavy (non-hydrogen) atoms. The highest BCUT2D eigenvalue weighted by atomic mass is 32.1. The molecule has 0 aliphatic carbocycles. The summed E-state index contributed by atoms with van der Waals surface area (Å²) in [7, 11) is 2.03. The van der Waals surface area contributed by atoms with Crippen molar-refractivity contribution in [1.82, 2.24) is 0 Å². The molecule has 2 aromatic carbocycles. The third-order valence-corrected chi connectivity index (χ3v) is 5.07. The lowest BCUT2D eigenvalue weighted by atomic mass is 10.1. The number of para-hydroxylation sites is 2. The number of nitrogens with zero attached hydrogens (tertiary/aromatic N) is 1. The maximum absolute atomic E-state index is 12.5. The van der Waals surface area contributed by atoms with E-state index in [0.717, 1.165) is 5.01 Å². The van der Waals surface area contributed by atoms with Gasteiger partial charge in [-0.1, -0.05) is 35.6 Å². The second kappa shape index (κ2) is 5.48. The van der Waals surface area contributed by atoms with E-state index in [-0.39, 0.29) is 5.43 Å². The van der Waals surface area contributed by atoms with Gasteiger partial charge in [-0.05, 0) is 24.3 Å². The van der Waals surface area contributed by atoms with Gasteiger partial charge in [-0.15, -0.1) is 0 Å². The average Bonchev–Trinajstić information content (AvgIpc) is 2.91. The van der Waals surface area contributed by atoms with E-state index in [9.17, 15) is 4.79 Å². The molecule has 4 rings (SSSR count). The number of hydrogen-bond donors (Lipinski definition) is 0. The summed E-state index contributed by atoms with van der Waals surface area (Å²) < 4.78 is 8.89. The zero-order valence-electron chi connectivity index (χ0n) is 12.5. The fourth-order valence-electron chi connectivity index (χ4n) is 2.64. The van der Waals surface area contributed by atoms with Gasteiger partial charge in [0, 0.05) is 12.1 Å². The van der Waals surface area contributed by atoms with Gasteiger partial charge in [-0.25, -0.2) is 0 Å². The second-order valence-corrected chi connectivity index (χ2v) is 6.38. The highest BCUT2D eigenvalue weighted by Crippen LogP contribution is 2.21. The van der Waals surface area contributed by atoms with Gasteiger partial charge in [0.1, 0.15) is 23.6 Å². The molecular formula is C19H14NO2S+. The first-order valence-corrected chi connectivity index (χ1v) is 8.12. The van der Waals surface area contributed by atoms with E-state index in [0.29, 0.717) is 16.5 Å². The molecular weight excluding hydrogens is 306 g/mol. The van der Waals surface area contributed by atoms with E-state index < -0.39 is 0 Å². The van der Waals surface area contributed by atoms with E-state index in [4.69, 9.17) is 4.42 Å². The average molecular weight is 320 g/mol. The van der Waals surface area contributed by atoms with Gasteiger partial charge in [0.15, 0.2) is 5.43 Å². The van der Waals surface area contributed by atoms with Gasteiger partial charge in [0.2, 0.25) is 5.52 Å². The van der Waals surface area contributed by atoms with Crippen molar-refractivity contribution in [3.05, 3.63) is 75.6 Å². The number of aromatic nitrogens is 1. The van der Waals surface area contributed by atoms with Crippen LogP contribution in [0.25, 0.3) is 33.3 Å². The highest BCUT2D eigenvalue weighted by Gasteiger charge is 2.13. The normalized spacial score (nSPS) is 11.7. The monoisotopic (exact) mass is 320 g/mol. The zero-order chi connectivity index (χ0) is 15.8. The van der Waals surface area contributed by atoms with Crippen LogP contribution in [0.5, 0.6) is 0 Å². The molecule has 0 saturated heterocycles. The lowest BCUT2D eigenvalue weighted by Crippen LogP contribution is -2.28. The van der Waals surface area contributed by atoms with Gasteiger partial charge in [-0.3, -0.25) is 4.79 Å². The van der Waals surface area contributed by atoms with Crippen LogP contribution >= 0.6 is 11.3 Å². The smallest absolute Gasteiger partial charge is 0.262 e.